The van der Waals surface area contributed by atoms with Crippen LogP contribution < -0.4 is 5.01 Å². The number of carbonyl (C=O) groups excluding carboxylic acids is 1. The highest BCUT2D eigenvalue weighted by Gasteiger charge is 2.53. The van der Waals surface area contributed by atoms with E-state index >= 15 is 0 Å². The number of aryl methyl sites for hydroxylation is 2. The quantitative estimate of drug-likeness (QED) is 0.779. The van der Waals surface area contributed by atoms with E-state index in [2.05, 4.69) is 31.1 Å². The highest BCUT2D eigenvalue weighted by atomic mass is 19.1. The Morgan fingerprint density at radius 1 is 1.15 bits per heavy atom. The van der Waals surface area contributed by atoms with E-state index in [9.17, 15) is 9.18 Å². The molecule has 2 unspecified atom stereocenters. The average Bonchev–Trinajstić information content (AvgIpc) is 3.16. The van der Waals surface area contributed by atoms with Crippen molar-refractivity contribution in [3.05, 3.63) is 64.5 Å². The lowest BCUT2D eigenvalue weighted by Gasteiger charge is -2.31. The third-order valence-electron chi connectivity index (χ3n) is 6.53. The van der Waals surface area contributed by atoms with Gasteiger partial charge in [-0.2, -0.15) is 5.10 Å². The van der Waals surface area contributed by atoms with Gasteiger partial charge in [-0.15, -0.1) is 0 Å². The molecule has 0 spiro atoms. The molecule has 0 amide bonds. The van der Waals surface area contributed by atoms with E-state index in [1.807, 2.05) is 24.2 Å². The molecule has 3 nitrogen and oxygen atoms in total. The first-order valence-corrected chi connectivity index (χ1v) is 9.51. The van der Waals surface area contributed by atoms with Gasteiger partial charge in [-0.25, -0.2) is 4.39 Å². The maximum Gasteiger partial charge on any atom is 0.140 e. The van der Waals surface area contributed by atoms with Crippen LogP contribution in [-0.4, -0.2) is 18.0 Å². The molecule has 140 valence electrons. The topological polar surface area (TPSA) is 32.7 Å². The second kappa shape index (κ2) is 6.29. The summed E-state index contributed by atoms with van der Waals surface area (Å²) in [6, 6.07) is 11.2. The first kappa shape index (κ1) is 17.9. The minimum atomic E-state index is -0.482. The Morgan fingerprint density at radius 2 is 1.93 bits per heavy atom. The second-order valence-corrected chi connectivity index (χ2v) is 8.07. The molecule has 2 aliphatic rings. The van der Waals surface area contributed by atoms with Crippen molar-refractivity contribution in [1.29, 1.82) is 0 Å². The molecule has 0 radical (unpaired) electrons. The smallest absolute Gasteiger partial charge is 0.140 e. The summed E-state index contributed by atoms with van der Waals surface area (Å²) in [7, 11) is 0. The first-order valence-electron chi connectivity index (χ1n) is 9.51. The first-order chi connectivity index (χ1) is 12.8. The number of halogens is 1. The molecule has 3 atom stereocenters. The summed E-state index contributed by atoms with van der Waals surface area (Å²) in [4.78, 5) is 12.9. The van der Waals surface area contributed by atoms with Gasteiger partial charge >= 0.3 is 0 Å². The van der Waals surface area contributed by atoms with Crippen LogP contribution in [0, 0.1) is 32.5 Å². The largest absolute Gasteiger partial charge is 0.299 e. The molecule has 1 fully saturated rings. The van der Waals surface area contributed by atoms with E-state index in [1.54, 1.807) is 13.0 Å². The minimum Gasteiger partial charge on any atom is -0.299 e. The fraction of sp³-hybridized carbons (Fsp3) is 0.391. The maximum absolute atomic E-state index is 13.5. The van der Waals surface area contributed by atoms with E-state index in [-0.39, 0.29) is 23.6 Å². The van der Waals surface area contributed by atoms with E-state index in [0.717, 1.165) is 29.7 Å². The highest BCUT2D eigenvalue weighted by molar-refractivity contribution is 5.91. The number of benzene rings is 2. The van der Waals surface area contributed by atoms with Crippen LogP contribution in [0.3, 0.4) is 0 Å². The van der Waals surface area contributed by atoms with Gasteiger partial charge < -0.3 is 0 Å². The molecule has 2 aromatic rings. The summed E-state index contributed by atoms with van der Waals surface area (Å²) in [5, 5.41) is 6.61. The van der Waals surface area contributed by atoms with Crippen molar-refractivity contribution < 1.29 is 9.18 Å². The summed E-state index contributed by atoms with van der Waals surface area (Å²) in [5.41, 5.74) is 4.86. The molecule has 0 bridgehead atoms. The van der Waals surface area contributed by atoms with Crippen LogP contribution >= 0.6 is 0 Å². The molecule has 0 saturated heterocycles. The van der Waals surface area contributed by atoms with Crippen LogP contribution in [0.2, 0.25) is 0 Å². The van der Waals surface area contributed by atoms with Crippen molar-refractivity contribution in [1.82, 2.24) is 0 Å². The molecule has 1 heterocycles. The third kappa shape index (κ3) is 2.70. The number of ketones is 1. The van der Waals surface area contributed by atoms with Crippen molar-refractivity contribution in [2.24, 2.45) is 11.0 Å². The zero-order valence-corrected chi connectivity index (χ0v) is 16.3. The molecule has 27 heavy (non-hydrogen) atoms. The van der Waals surface area contributed by atoms with E-state index in [0.29, 0.717) is 0 Å². The van der Waals surface area contributed by atoms with Gasteiger partial charge in [0.15, 0.2) is 0 Å². The van der Waals surface area contributed by atoms with Crippen molar-refractivity contribution >= 4 is 17.7 Å². The van der Waals surface area contributed by atoms with Crippen molar-refractivity contribution in [3.63, 3.8) is 0 Å². The molecule has 0 N–H and O–H groups in total. The van der Waals surface area contributed by atoms with Crippen LogP contribution in [0.25, 0.3) is 0 Å². The number of fused-ring (bicyclic) bond motifs is 1. The Labute approximate surface area is 159 Å². The van der Waals surface area contributed by atoms with Crippen LogP contribution in [0.1, 0.15) is 42.0 Å². The normalized spacial score (nSPS) is 26.5. The Balaban J connectivity index is 1.75. The summed E-state index contributed by atoms with van der Waals surface area (Å²) in [6.45, 7) is 7.82. The summed E-state index contributed by atoms with van der Waals surface area (Å²) in [6.07, 6.45) is 3.48. The zero-order valence-electron chi connectivity index (χ0n) is 16.3. The molecular formula is C23H25FN2O. The lowest BCUT2D eigenvalue weighted by atomic mass is 9.72. The number of hydrogen-bond donors (Lipinski definition) is 0. The SMILES string of the molecule is CC(=O)[C@@]1(c2cccc(C)c2C)CC2C=NN(c3ccc(F)cc3C)C2C1. The fourth-order valence-corrected chi connectivity index (χ4v) is 4.88. The van der Waals surface area contributed by atoms with Crippen molar-refractivity contribution in [2.45, 2.75) is 52.0 Å². The zero-order chi connectivity index (χ0) is 19.3. The predicted octanol–water partition coefficient (Wildman–Crippen LogP) is 4.86. The number of hydrazone groups is 1. The van der Waals surface area contributed by atoms with Gasteiger partial charge in [0.05, 0.1) is 17.1 Å². The van der Waals surface area contributed by atoms with Crippen molar-refractivity contribution in [2.75, 3.05) is 5.01 Å². The lowest BCUT2D eigenvalue weighted by Crippen LogP contribution is -2.36. The van der Waals surface area contributed by atoms with Gasteiger partial charge in [0.1, 0.15) is 11.6 Å². The van der Waals surface area contributed by atoms with Gasteiger partial charge in [-0.1, -0.05) is 18.2 Å². The fourth-order valence-electron chi connectivity index (χ4n) is 4.88. The number of Topliss-reactive ketones (excluding diaryl/α,β-unsaturated/α-hetero) is 1. The third-order valence-corrected chi connectivity index (χ3v) is 6.53. The molecule has 4 rings (SSSR count). The summed E-state index contributed by atoms with van der Waals surface area (Å²) in [5.74, 6) is 0.198. The maximum atomic E-state index is 13.5. The molecule has 1 saturated carbocycles. The van der Waals surface area contributed by atoms with Gasteiger partial charge in [-0.05, 0) is 81.0 Å². The monoisotopic (exact) mass is 364 g/mol. The van der Waals surface area contributed by atoms with E-state index in [1.165, 1.54) is 23.3 Å². The Kier molecular flexibility index (Phi) is 4.17. The lowest BCUT2D eigenvalue weighted by molar-refractivity contribution is -0.122. The summed E-state index contributed by atoms with van der Waals surface area (Å²) >= 11 is 0. The van der Waals surface area contributed by atoms with Crippen LogP contribution in [-0.2, 0) is 10.2 Å². The highest BCUT2D eigenvalue weighted by Crippen LogP contribution is 2.50. The Morgan fingerprint density at radius 3 is 2.63 bits per heavy atom. The molecular weight excluding hydrogens is 339 g/mol. The number of hydrogen-bond acceptors (Lipinski definition) is 3. The second-order valence-electron chi connectivity index (χ2n) is 8.07. The van der Waals surface area contributed by atoms with Crippen LogP contribution in [0.15, 0.2) is 41.5 Å². The average molecular weight is 364 g/mol. The van der Waals surface area contributed by atoms with Crippen molar-refractivity contribution in [3.8, 4) is 0 Å². The van der Waals surface area contributed by atoms with Gasteiger partial charge in [0, 0.05) is 12.1 Å². The van der Waals surface area contributed by atoms with E-state index in [4.69, 9.17) is 0 Å². The van der Waals surface area contributed by atoms with E-state index < -0.39 is 5.41 Å². The standard InChI is InChI=1S/C23H25FN2O/c1-14-6-5-7-20(16(14)3)23(17(4)27)11-18-13-25-26(22(18)12-23)21-9-8-19(24)10-15(21)2/h5-10,13,18,22H,11-12H2,1-4H3/t18?,22?,23-/m1/s1. The number of anilines is 1. The van der Waals surface area contributed by atoms with Gasteiger partial charge in [0.25, 0.3) is 0 Å². The predicted molar refractivity (Wildman–Crippen MR) is 107 cm³/mol. The molecule has 1 aliphatic carbocycles. The Hall–Kier alpha value is -2.49. The molecule has 2 aromatic carbocycles. The van der Waals surface area contributed by atoms with Crippen LogP contribution in [0.4, 0.5) is 10.1 Å². The van der Waals surface area contributed by atoms with Gasteiger partial charge in [0.2, 0.25) is 0 Å². The number of rotatable bonds is 3. The van der Waals surface area contributed by atoms with Crippen LogP contribution in [0.5, 0.6) is 0 Å². The number of carbonyl (C=O) groups is 1. The Bertz CT molecular complexity index is 951. The molecule has 4 heteroatoms. The number of nitrogens with zero attached hydrogens (tertiary/aromatic N) is 2. The molecule has 1 aliphatic heterocycles. The molecule has 0 aromatic heterocycles. The van der Waals surface area contributed by atoms with Gasteiger partial charge in [-0.3, -0.25) is 9.80 Å². The minimum absolute atomic E-state index is 0.123. The summed E-state index contributed by atoms with van der Waals surface area (Å²) < 4.78 is 13.5.